The van der Waals surface area contributed by atoms with Crippen molar-refractivity contribution in [1.82, 2.24) is 4.98 Å². The molecule has 1 aliphatic heterocycles. The molecule has 0 radical (unpaired) electrons. The number of nitrogens with zero attached hydrogens (tertiary/aromatic N) is 1. The highest BCUT2D eigenvalue weighted by atomic mass is 79.9. The van der Waals surface area contributed by atoms with Gasteiger partial charge < -0.3 is 13.9 Å². The summed E-state index contributed by atoms with van der Waals surface area (Å²) in [5.74, 6) is 2.17. The molecule has 0 unspecified atom stereocenters. The first kappa shape index (κ1) is 10.2. The monoisotopic (exact) mass is 301 g/mol. The number of oxazole rings is 1. The van der Waals surface area contributed by atoms with E-state index in [9.17, 15) is 0 Å². The van der Waals surface area contributed by atoms with E-state index in [1.807, 2.05) is 6.92 Å². The summed E-state index contributed by atoms with van der Waals surface area (Å²) in [6.45, 7) is 2.97. The summed E-state index contributed by atoms with van der Waals surface area (Å²) in [6, 6.07) is 0. The Balaban J connectivity index is 2.14. The molecular formula is C10H8BrNO3S. The quantitative estimate of drug-likeness (QED) is 0.811. The fourth-order valence-electron chi connectivity index (χ4n) is 1.55. The Kier molecular flexibility index (Phi) is 2.40. The molecule has 2 aromatic rings. The first-order valence-electron chi connectivity index (χ1n) is 4.76. The van der Waals surface area contributed by atoms with Gasteiger partial charge in [0, 0.05) is 6.92 Å². The van der Waals surface area contributed by atoms with Gasteiger partial charge in [-0.25, -0.2) is 4.98 Å². The summed E-state index contributed by atoms with van der Waals surface area (Å²) in [5.41, 5.74) is 0.787. The fourth-order valence-corrected chi connectivity index (χ4v) is 3.20. The van der Waals surface area contributed by atoms with E-state index in [0.717, 1.165) is 25.9 Å². The lowest BCUT2D eigenvalue weighted by atomic mass is 10.3. The topological polar surface area (TPSA) is 44.5 Å². The van der Waals surface area contributed by atoms with Crippen LogP contribution in [0.2, 0.25) is 0 Å². The fraction of sp³-hybridized carbons (Fsp3) is 0.300. The molecule has 3 rings (SSSR count). The first-order chi connectivity index (χ1) is 7.75. The molecule has 0 aliphatic carbocycles. The summed E-state index contributed by atoms with van der Waals surface area (Å²) < 4.78 is 17.3. The van der Waals surface area contributed by atoms with E-state index < -0.39 is 0 Å². The van der Waals surface area contributed by atoms with Gasteiger partial charge in [-0.1, -0.05) is 0 Å². The number of aryl methyl sites for hydroxylation is 1. The van der Waals surface area contributed by atoms with Crippen molar-refractivity contribution in [2.24, 2.45) is 0 Å². The van der Waals surface area contributed by atoms with Crippen LogP contribution in [0.5, 0.6) is 11.5 Å². The van der Waals surface area contributed by atoms with Crippen LogP contribution in [-0.2, 0) is 0 Å². The summed E-state index contributed by atoms with van der Waals surface area (Å²) in [6.07, 6.45) is 1.63. The summed E-state index contributed by atoms with van der Waals surface area (Å²) in [4.78, 5) is 5.23. The third-order valence-electron chi connectivity index (χ3n) is 2.21. The molecular weight excluding hydrogens is 294 g/mol. The number of ether oxygens (including phenoxy) is 2. The van der Waals surface area contributed by atoms with E-state index >= 15 is 0 Å². The second-order valence-electron chi connectivity index (χ2n) is 3.31. The van der Waals surface area contributed by atoms with E-state index in [1.54, 1.807) is 17.6 Å². The molecule has 0 fully saturated rings. The lowest BCUT2D eigenvalue weighted by Crippen LogP contribution is -2.14. The van der Waals surface area contributed by atoms with Crippen LogP contribution in [-0.4, -0.2) is 18.2 Å². The van der Waals surface area contributed by atoms with Gasteiger partial charge in [-0.05, 0) is 15.9 Å². The van der Waals surface area contributed by atoms with Crippen LogP contribution in [0.25, 0.3) is 10.6 Å². The SMILES string of the molecule is Cc1nc(-c2sc(Br)c3c2OCCO3)co1. The number of halogens is 1. The van der Waals surface area contributed by atoms with Crippen molar-refractivity contribution in [2.45, 2.75) is 6.92 Å². The predicted octanol–water partition coefficient (Wildman–Crippen LogP) is 3.25. The Hall–Kier alpha value is -1.01. The van der Waals surface area contributed by atoms with E-state index in [-0.39, 0.29) is 0 Å². The molecule has 4 nitrogen and oxygen atoms in total. The number of thiophene rings is 1. The maximum atomic E-state index is 5.61. The summed E-state index contributed by atoms with van der Waals surface area (Å²) >= 11 is 5.00. The number of rotatable bonds is 1. The zero-order valence-corrected chi connectivity index (χ0v) is 10.9. The molecule has 0 amide bonds. The van der Waals surface area contributed by atoms with Crippen molar-refractivity contribution in [3.63, 3.8) is 0 Å². The average molecular weight is 302 g/mol. The summed E-state index contributed by atoms with van der Waals surface area (Å²) in [5, 5.41) is 0. The Bertz CT molecular complexity index is 534. The van der Waals surface area contributed by atoms with Crippen molar-refractivity contribution < 1.29 is 13.9 Å². The van der Waals surface area contributed by atoms with Crippen LogP contribution in [0.3, 0.4) is 0 Å². The van der Waals surface area contributed by atoms with E-state index in [1.165, 1.54) is 0 Å². The molecule has 0 atom stereocenters. The van der Waals surface area contributed by atoms with Crippen LogP contribution in [0.1, 0.15) is 5.89 Å². The zero-order chi connectivity index (χ0) is 11.1. The van der Waals surface area contributed by atoms with Gasteiger partial charge >= 0.3 is 0 Å². The van der Waals surface area contributed by atoms with Gasteiger partial charge in [0.2, 0.25) is 0 Å². The standard InChI is InChI=1S/C10H8BrNO3S/c1-5-12-6(4-15-5)9-7-8(10(11)16-9)14-3-2-13-7/h4H,2-3H2,1H3. The Morgan fingerprint density at radius 2 is 2.06 bits per heavy atom. The van der Waals surface area contributed by atoms with E-state index in [4.69, 9.17) is 13.9 Å². The second kappa shape index (κ2) is 3.78. The highest BCUT2D eigenvalue weighted by Crippen LogP contribution is 2.51. The van der Waals surface area contributed by atoms with Crippen LogP contribution in [0.15, 0.2) is 14.5 Å². The average Bonchev–Trinajstić information content (AvgIpc) is 2.84. The van der Waals surface area contributed by atoms with Crippen LogP contribution < -0.4 is 9.47 Å². The lowest BCUT2D eigenvalue weighted by Gasteiger charge is -2.15. The molecule has 6 heteroatoms. The molecule has 0 saturated carbocycles. The minimum Gasteiger partial charge on any atom is -0.484 e. The second-order valence-corrected chi connectivity index (χ2v) is 5.65. The van der Waals surface area contributed by atoms with Crippen LogP contribution >= 0.6 is 27.3 Å². The largest absolute Gasteiger partial charge is 0.484 e. The molecule has 84 valence electrons. The zero-order valence-electron chi connectivity index (χ0n) is 8.45. The minimum atomic E-state index is 0.569. The van der Waals surface area contributed by atoms with Crippen molar-refractivity contribution in [1.29, 1.82) is 0 Å². The maximum Gasteiger partial charge on any atom is 0.191 e. The van der Waals surface area contributed by atoms with Crippen molar-refractivity contribution in [2.75, 3.05) is 13.2 Å². The molecule has 16 heavy (non-hydrogen) atoms. The molecule has 0 saturated heterocycles. The lowest BCUT2D eigenvalue weighted by molar-refractivity contribution is 0.173. The molecule has 0 aromatic carbocycles. The van der Waals surface area contributed by atoms with Crippen molar-refractivity contribution in [3.05, 3.63) is 15.9 Å². The number of fused-ring (bicyclic) bond motifs is 1. The molecule has 1 aliphatic rings. The number of hydrogen-bond donors (Lipinski definition) is 0. The summed E-state index contributed by atoms with van der Waals surface area (Å²) in [7, 11) is 0. The van der Waals surface area contributed by atoms with Gasteiger partial charge in [-0.3, -0.25) is 0 Å². The van der Waals surface area contributed by atoms with Crippen LogP contribution in [0.4, 0.5) is 0 Å². The maximum absolute atomic E-state index is 5.61. The third-order valence-corrected chi connectivity index (χ3v) is 4.02. The van der Waals surface area contributed by atoms with Crippen molar-refractivity contribution in [3.8, 4) is 22.1 Å². The number of aromatic nitrogens is 1. The van der Waals surface area contributed by atoms with Gasteiger partial charge in [0.15, 0.2) is 17.4 Å². The van der Waals surface area contributed by atoms with E-state index in [0.29, 0.717) is 19.1 Å². The molecule has 3 heterocycles. The molecule has 0 N–H and O–H groups in total. The van der Waals surface area contributed by atoms with E-state index in [2.05, 4.69) is 20.9 Å². The van der Waals surface area contributed by atoms with Crippen molar-refractivity contribution >= 4 is 27.3 Å². The smallest absolute Gasteiger partial charge is 0.191 e. The number of hydrogen-bond acceptors (Lipinski definition) is 5. The first-order valence-corrected chi connectivity index (χ1v) is 6.37. The predicted molar refractivity (Wildman–Crippen MR) is 63.2 cm³/mol. The highest BCUT2D eigenvalue weighted by molar-refractivity contribution is 9.11. The minimum absolute atomic E-state index is 0.569. The van der Waals surface area contributed by atoms with Gasteiger partial charge in [0.25, 0.3) is 0 Å². The molecule has 0 bridgehead atoms. The molecule has 0 spiro atoms. The van der Waals surface area contributed by atoms with Gasteiger partial charge in [0.05, 0.1) is 0 Å². The van der Waals surface area contributed by atoms with Gasteiger partial charge in [-0.15, -0.1) is 11.3 Å². The molecule has 2 aromatic heterocycles. The highest BCUT2D eigenvalue weighted by Gasteiger charge is 2.25. The third kappa shape index (κ3) is 1.53. The van der Waals surface area contributed by atoms with Gasteiger partial charge in [0.1, 0.15) is 33.8 Å². The Labute approximate surface area is 104 Å². The van der Waals surface area contributed by atoms with Gasteiger partial charge in [-0.2, -0.15) is 0 Å². The normalized spacial score (nSPS) is 14.1. The Morgan fingerprint density at radius 1 is 1.31 bits per heavy atom. The Morgan fingerprint density at radius 3 is 2.75 bits per heavy atom. The van der Waals surface area contributed by atoms with Crippen LogP contribution in [0, 0.1) is 6.92 Å².